The Kier molecular flexibility index (Phi) is 3.47. The number of aliphatic hydroxyl groups is 1. The van der Waals surface area contributed by atoms with Gasteiger partial charge in [0.05, 0.1) is 0 Å². The molecular formula is C10H17NOS. The van der Waals surface area contributed by atoms with E-state index in [9.17, 15) is 5.11 Å². The van der Waals surface area contributed by atoms with Gasteiger partial charge in [-0.05, 0) is 30.4 Å². The lowest BCUT2D eigenvalue weighted by molar-refractivity contribution is 0.0391. The predicted molar refractivity (Wildman–Crippen MR) is 56.9 cm³/mol. The van der Waals surface area contributed by atoms with Gasteiger partial charge >= 0.3 is 0 Å². The van der Waals surface area contributed by atoms with Crippen LogP contribution in [0.3, 0.4) is 0 Å². The summed E-state index contributed by atoms with van der Waals surface area (Å²) in [6.07, 6.45) is 1.69. The van der Waals surface area contributed by atoms with E-state index in [1.165, 1.54) is 0 Å². The summed E-state index contributed by atoms with van der Waals surface area (Å²) in [6.45, 7) is 4.38. The highest BCUT2D eigenvalue weighted by Crippen LogP contribution is 2.32. The van der Waals surface area contributed by atoms with Crippen molar-refractivity contribution >= 4 is 11.3 Å². The molecule has 0 aliphatic carbocycles. The summed E-state index contributed by atoms with van der Waals surface area (Å²) >= 11 is 1.59. The molecule has 0 aliphatic heterocycles. The summed E-state index contributed by atoms with van der Waals surface area (Å²) in [4.78, 5) is 1.02. The highest BCUT2D eigenvalue weighted by Gasteiger charge is 2.29. The first-order chi connectivity index (χ1) is 6.14. The molecule has 74 valence electrons. The largest absolute Gasteiger partial charge is 0.383 e. The summed E-state index contributed by atoms with van der Waals surface area (Å²) in [5, 5.41) is 12.2. The maximum absolute atomic E-state index is 10.2. The van der Waals surface area contributed by atoms with E-state index in [2.05, 4.69) is 6.92 Å². The fourth-order valence-electron chi connectivity index (χ4n) is 1.57. The van der Waals surface area contributed by atoms with Crippen molar-refractivity contribution in [1.29, 1.82) is 0 Å². The summed E-state index contributed by atoms with van der Waals surface area (Å²) < 4.78 is 0. The lowest BCUT2D eigenvalue weighted by Crippen LogP contribution is -2.34. The van der Waals surface area contributed by atoms with Crippen LogP contribution in [0.25, 0.3) is 0 Å². The summed E-state index contributed by atoms with van der Waals surface area (Å²) in [5.41, 5.74) is 5.96. The zero-order valence-electron chi connectivity index (χ0n) is 8.21. The molecule has 13 heavy (non-hydrogen) atoms. The third-order valence-corrected chi connectivity index (χ3v) is 3.50. The number of thiophene rings is 1. The molecule has 0 saturated heterocycles. The van der Waals surface area contributed by atoms with Crippen molar-refractivity contribution in [3.63, 3.8) is 0 Å². The SMILES string of the molecule is CCCC(O)(CN)c1sccc1C. The van der Waals surface area contributed by atoms with Gasteiger partial charge in [0.2, 0.25) is 0 Å². The Morgan fingerprint density at radius 2 is 2.31 bits per heavy atom. The minimum Gasteiger partial charge on any atom is -0.383 e. The first-order valence-corrected chi connectivity index (χ1v) is 5.49. The van der Waals surface area contributed by atoms with Crippen molar-refractivity contribution < 1.29 is 5.11 Å². The van der Waals surface area contributed by atoms with Gasteiger partial charge in [0.15, 0.2) is 0 Å². The lowest BCUT2D eigenvalue weighted by atomic mass is 9.94. The molecule has 0 aliphatic rings. The molecule has 0 spiro atoms. The maximum atomic E-state index is 10.2. The molecule has 0 aromatic carbocycles. The van der Waals surface area contributed by atoms with Crippen molar-refractivity contribution in [3.05, 3.63) is 21.9 Å². The topological polar surface area (TPSA) is 46.2 Å². The van der Waals surface area contributed by atoms with E-state index in [0.717, 1.165) is 23.3 Å². The van der Waals surface area contributed by atoms with Gasteiger partial charge in [-0.25, -0.2) is 0 Å². The molecule has 1 heterocycles. The second-order valence-electron chi connectivity index (χ2n) is 3.42. The Morgan fingerprint density at radius 1 is 1.62 bits per heavy atom. The standard InChI is InChI=1S/C10H17NOS/c1-3-5-10(12,7-11)9-8(2)4-6-13-9/h4,6,12H,3,5,7,11H2,1-2H3. The quantitative estimate of drug-likeness (QED) is 0.779. The molecule has 1 aromatic rings. The zero-order chi connectivity index (χ0) is 9.90. The van der Waals surface area contributed by atoms with E-state index < -0.39 is 5.60 Å². The zero-order valence-corrected chi connectivity index (χ0v) is 9.03. The highest BCUT2D eigenvalue weighted by atomic mass is 32.1. The molecule has 0 saturated carbocycles. The summed E-state index contributed by atoms with van der Waals surface area (Å²) in [5.74, 6) is 0. The molecule has 1 unspecified atom stereocenters. The van der Waals surface area contributed by atoms with E-state index in [1.807, 2.05) is 18.4 Å². The Morgan fingerprint density at radius 3 is 2.69 bits per heavy atom. The van der Waals surface area contributed by atoms with E-state index in [4.69, 9.17) is 5.73 Å². The van der Waals surface area contributed by atoms with E-state index in [-0.39, 0.29) is 0 Å². The van der Waals surface area contributed by atoms with Crippen LogP contribution in [0.5, 0.6) is 0 Å². The van der Waals surface area contributed by atoms with Crippen molar-refractivity contribution in [1.82, 2.24) is 0 Å². The van der Waals surface area contributed by atoms with E-state index in [0.29, 0.717) is 6.54 Å². The van der Waals surface area contributed by atoms with Gasteiger partial charge < -0.3 is 10.8 Å². The minimum atomic E-state index is -0.799. The Balaban J connectivity index is 2.95. The fourth-order valence-corrected chi connectivity index (χ4v) is 2.64. The number of rotatable bonds is 4. The monoisotopic (exact) mass is 199 g/mol. The molecule has 2 nitrogen and oxygen atoms in total. The number of aryl methyl sites for hydroxylation is 1. The Hall–Kier alpha value is -0.380. The number of hydrogen-bond acceptors (Lipinski definition) is 3. The van der Waals surface area contributed by atoms with Crippen molar-refractivity contribution in [3.8, 4) is 0 Å². The van der Waals surface area contributed by atoms with Crippen molar-refractivity contribution in [2.24, 2.45) is 5.73 Å². The van der Waals surface area contributed by atoms with Gasteiger partial charge in [0.25, 0.3) is 0 Å². The van der Waals surface area contributed by atoms with Crippen LogP contribution in [0.15, 0.2) is 11.4 Å². The molecule has 0 fully saturated rings. The van der Waals surface area contributed by atoms with Gasteiger partial charge in [-0.15, -0.1) is 11.3 Å². The number of nitrogens with two attached hydrogens (primary N) is 1. The van der Waals surface area contributed by atoms with Crippen LogP contribution < -0.4 is 5.73 Å². The van der Waals surface area contributed by atoms with Crippen molar-refractivity contribution in [2.45, 2.75) is 32.3 Å². The second-order valence-corrected chi connectivity index (χ2v) is 4.33. The lowest BCUT2D eigenvalue weighted by Gasteiger charge is -2.25. The molecule has 1 aromatic heterocycles. The average molecular weight is 199 g/mol. The van der Waals surface area contributed by atoms with Crippen LogP contribution in [-0.4, -0.2) is 11.7 Å². The smallest absolute Gasteiger partial charge is 0.111 e. The molecule has 0 amide bonds. The third kappa shape index (κ3) is 2.10. The van der Waals surface area contributed by atoms with Crippen LogP contribution >= 0.6 is 11.3 Å². The van der Waals surface area contributed by atoms with Crippen molar-refractivity contribution in [2.75, 3.05) is 6.54 Å². The third-order valence-electron chi connectivity index (χ3n) is 2.29. The second kappa shape index (κ2) is 4.22. The minimum absolute atomic E-state index is 0.308. The number of hydrogen-bond donors (Lipinski definition) is 2. The van der Waals surface area contributed by atoms with Gasteiger partial charge in [-0.1, -0.05) is 13.3 Å². The maximum Gasteiger partial charge on any atom is 0.111 e. The van der Waals surface area contributed by atoms with E-state index >= 15 is 0 Å². The van der Waals surface area contributed by atoms with Gasteiger partial charge in [0.1, 0.15) is 5.60 Å². The summed E-state index contributed by atoms with van der Waals surface area (Å²) in [6, 6.07) is 2.02. The first-order valence-electron chi connectivity index (χ1n) is 4.61. The Bertz CT molecular complexity index is 272. The molecule has 3 N–H and O–H groups in total. The van der Waals surface area contributed by atoms with Crippen LogP contribution in [0, 0.1) is 6.92 Å². The normalized spacial score (nSPS) is 15.7. The van der Waals surface area contributed by atoms with E-state index in [1.54, 1.807) is 11.3 Å². The van der Waals surface area contributed by atoms with Crippen LogP contribution in [0.2, 0.25) is 0 Å². The molecule has 0 bridgehead atoms. The molecular weight excluding hydrogens is 182 g/mol. The van der Waals surface area contributed by atoms with Crippen LogP contribution in [0.4, 0.5) is 0 Å². The van der Waals surface area contributed by atoms with Gasteiger partial charge in [-0.3, -0.25) is 0 Å². The van der Waals surface area contributed by atoms with Gasteiger partial charge in [0, 0.05) is 11.4 Å². The average Bonchev–Trinajstić information content (AvgIpc) is 2.52. The predicted octanol–water partition coefficient (Wildman–Crippen LogP) is 2.00. The fraction of sp³-hybridized carbons (Fsp3) is 0.600. The molecule has 1 atom stereocenters. The van der Waals surface area contributed by atoms with Gasteiger partial charge in [-0.2, -0.15) is 0 Å². The van der Waals surface area contributed by atoms with Crippen LogP contribution in [-0.2, 0) is 5.60 Å². The Labute approximate surface area is 83.4 Å². The first kappa shape index (κ1) is 10.7. The molecule has 1 rings (SSSR count). The summed E-state index contributed by atoms with van der Waals surface area (Å²) in [7, 11) is 0. The molecule has 0 radical (unpaired) electrons. The molecule has 3 heteroatoms. The van der Waals surface area contributed by atoms with Crippen LogP contribution in [0.1, 0.15) is 30.2 Å². The highest BCUT2D eigenvalue weighted by molar-refractivity contribution is 7.10.